The Morgan fingerprint density at radius 2 is 1.71 bits per heavy atom. The van der Waals surface area contributed by atoms with Crippen LogP contribution in [0.1, 0.15) is 98.8 Å². The number of allylic oxidation sites excluding steroid dienone is 4. The maximum atomic E-state index is 6.56. The van der Waals surface area contributed by atoms with Gasteiger partial charge in [0.25, 0.3) is 0 Å². The second-order valence-corrected chi connectivity index (χ2v) is 8.44. The van der Waals surface area contributed by atoms with Crippen LogP contribution >= 0.6 is 0 Å². The molecule has 162 valence electrons. The molecule has 0 spiro atoms. The molecule has 0 saturated heterocycles. The van der Waals surface area contributed by atoms with Gasteiger partial charge in [-0.1, -0.05) is 85.3 Å². The van der Waals surface area contributed by atoms with E-state index >= 15 is 0 Å². The molecule has 0 amide bonds. The van der Waals surface area contributed by atoms with Crippen molar-refractivity contribution in [1.29, 1.82) is 0 Å². The summed E-state index contributed by atoms with van der Waals surface area (Å²) in [5.41, 5.74) is 7.87. The van der Waals surface area contributed by atoms with Crippen LogP contribution < -0.4 is 11.6 Å². The van der Waals surface area contributed by atoms with Crippen molar-refractivity contribution in [2.24, 2.45) is 17.0 Å². The maximum Gasteiger partial charge on any atom is 0.144 e. The van der Waals surface area contributed by atoms with Gasteiger partial charge in [0.2, 0.25) is 0 Å². The van der Waals surface area contributed by atoms with Gasteiger partial charge >= 0.3 is 0 Å². The molecule has 0 radical (unpaired) electrons. The van der Waals surface area contributed by atoms with Crippen LogP contribution in [0, 0.1) is 5.41 Å². The molecule has 4 N–H and O–H groups in total. The molecule has 28 heavy (non-hydrogen) atoms. The summed E-state index contributed by atoms with van der Waals surface area (Å²) in [5, 5.41) is 1.78. The van der Waals surface area contributed by atoms with E-state index in [-0.39, 0.29) is 11.6 Å². The van der Waals surface area contributed by atoms with Crippen molar-refractivity contribution in [1.82, 2.24) is 5.01 Å². The standard InChI is InChI=1S/C22H39N3O.C2H6/c1-4-5-6-10-13-21(26-18-11-8-7-9-12-18)25(24)20-15-17-22(2,3)16-14-19(20)23;1-2/h14-18,21H,4-13,23-24H2,1-3H3;1-2H3. The molecule has 0 aromatic rings. The average molecular weight is 392 g/mol. The molecule has 1 unspecified atom stereocenters. The van der Waals surface area contributed by atoms with Gasteiger partial charge in [-0.2, -0.15) is 0 Å². The fraction of sp³-hybridized carbons (Fsp3) is 0.750. The second kappa shape index (κ2) is 13.1. The first-order chi connectivity index (χ1) is 13.4. The monoisotopic (exact) mass is 391 g/mol. The topological polar surface area (TPSA) is 64.5 Å². The first-order valence-corrected chi connectivity index (χ1v) is 11.5. The van der Waals surface area contributed by atoms with Crippen molar-refractivity contribution in [3.8, 4) is 0 Å². The second-order valence-electron chi connectivity index (χ2n) is 8.44. The minimum absolute atomic E-state index is 0.0198. The van der Waals surface area contributed by atoms with Crippen LogP contribution in [0.4, 0.5) is 0 Å². The minimum atomic E-state index is -0.109. The SMILES string of the molecule is CC.CCCCCCC(OC1CCCCC1)N(N)C1=C(N)C=CC(C)(C)C=C1. The number of hydrogen-bond acceptors (Lipinski definition) is 4. The van der Waals surface area contributed by atoms with Gasteiger partial charge in [0, 0.05) is 5.41 Å². The van der Waals surface area contributed by atoms with Gasteiger partial charge in [-0.05, 0) is 37.8 Å². The maximum absolute atomic E-state index is 6.56. The molecule has 1 fully saturated rings. The molecule has 0 bridgehead atoms. The highest BCUT2D eigenvalue weighted by Crippen LogP contribution is 2.28. The number of hydrazine groups is 1. The largest absolute Gasteiger partial charge is 0.397 e. The van der Waals surface area contributed by atoms with E-state index in [1.165, 1.54) is 38.5 Å². The van der Waals surface area contributed by atoms with Crippen LogP contribution in [0.2, 0.25) is 0 Å². The Morgan fingerprint density at radius 3 is 2.36 bits per heavy atom. The average Bonchev–Trinajstić information content (AvgIpc) is 2.84. The lowest BCUT2D eigenvalue weighted by Gasteiger charge is -2.35. The van der Waals surface area contributed by atoms with E-state index < -0.39 is 0 Å². The Kier molecular flexibility index (Phi) is 11.6. The lowest BCUT2D eigenvalue weighted by atomic mass is 9.93. The highest BCUT2D eigenvalue weighted by atomic mass is 16.5. The zero-order valence-corrected chi connectivity index (χ0v) is 19.0. The molecule has 0 aromatic carbocycles. The Bertz CT molecular complexity index is 516. The predicted molar refractivity (Wildman–Crippen MR) is 121 cm³/mol. The summed E-state index contributed by atoms with van der Waals surface area (Å²) < 4.78 is 6.48. The highest BCUT2D eigenvalue weighted by Gasteiger charge is 2.25. The zero-order chi connectivity index (χ0) is 21.0. The van der Waals surface area contributed by atoms with Crippen molar-refractivity contribution in [3.63, 3.8) is 0 Å². The van der Waals surface area contributed by atoms with Crippen LogP contribution in [0.5, 0.6) is 0 Å². The van der Waals surface area contributed by atoms with Crippen LogP contribution in [0.25, 0.3) is 0 Å². The fourth-order valence-corrected chi connectivity index (χ4v) is 3.67. The minimum Gasteiger partial charge on any atom is -0.397 e. The smallest absolute Gasteiger partial charge is 0.144 e. The van der Waals surface area contributed by atoms with Crippen LogP contribution in [0.3, 0.4) is 0 Å². The summed E-state index contributed by atoms with van der Waals surface area (Å²) in [7, 11) is 0. The molecule has 1 saturated carbocycles. The van der Waals surface area contributed by atoms with Gasteiger partial charge in [-0.25, -0.2) is 5.84 Å². The first kappa shape index (κ1) is 24.8. The molecule has 2 aliphatic rings. The van der Waals surface area contributed by atoms with E-state index in [1.807, 2.05) is 19.9 Å². The zero-order valence-electron chi connectivity index (χ0n) is 19.0. The number of rotatable bonds is 9. The van der Waals surface area contributed by atoms with E-state index in [2.05, 4.69) is 39.0 Å². The van der Waals surface area contributed by atoms with Gasteiger partial charge in [-0.3, -0.25) is 5.01 Å². The first-order valence-electron chi connectivity index (χ1n) is 11.5. The molecule has 4 heteroatoms. The number of nitrogens with zero attached hydrogens (tertiary/aromatic N) is 1. The number of nitrogens with two attached hydrogens (primary N) is 2. The summed E-state index contributed by atoms with van der Waals surface area (Å²) in [6.07, 6.45) is 20.5. The van der Waals surface area contributed by atoms with Gasteiger partial charge in [-0.15, -0.1) is 0 Å². The predicted octanol–water partition coefficient (Wildman–Crippen LogP) is 6.16. The number of ether oxygens (including phenoxy) is 1. The fourth-order valence-electron chi connectivity index (χ4n) is 3.67. The molecule has 0 heterocycles. The van der Waals surface area contributed by atoms with Gasteiger partial charge in [0.05, 0.1) is 17.5 Å². The number of hydrogen-bond donors (Lipinski definition) is 2. The van der Waals surface area contributed by atoms with E-state index in [4.69, 9.17) is 16.3 Å². The van der Waals surface area contributed by atoms with Gasteiger partial charge < -0.3 is 10.5 Å². The summed E-state index contributed by atoms with van der Waals surface area (Å²) in [4.78, 5) is 0. The van der Waals surface area contributed by atoms with Gasteiger partial charge in [0.1, 0.15) is 6.23 Å². The van der Waals surface area contributed by atoms with Crippen LogP contribution in [-0.4, -0.2) is 17.3 Å². The molecule has 1 atom stereocenters. The normalized spacial score (nSPS) is 20.4. The summed E-state index contributed by atoms with van der Waals surface area (Å²) in [6, 6.07) is 0. The van der Waals surface area contributed by atoms with Crippen molar-refractivity contribution in [2.75, 3.05) is 0 Å². The molecule has 4 nitrogen and oxygen atoms in total. The molecule has 0 aliphatic heterocycles. The Morgan fingerprint density at radius 1 is 1.07 bits per heavy atom. The lowest BCUT2D eigenvalue weighted by molar-refractivity contribution is -0.102. The molecule has 2 aliphatic carbocycles. The van der Waals surface area contributed by atoms with Crippen molar-refractivity contribution in [3.05, 3.63) is 35.7 Å². The number of unbranched alkanes of at least 4 members (excludes halogenated alkanes) is 3. The van der Waals surface area contributed by atoms with E-state index in [9.17, 15) is 0 Å². The summed E-state index contributed by atoms with van der Waals surface area (Å²) in [6.45, 7) is 10.6. The van der Waals surface area contributed by atoms with Crippen LogP contribution in [0.15, 0.2) is 35.7 Å². The highest BCUT2D eigenvalue weighted by molar-refractivity contribution is 5.35. The van der Waals surface area contributed by atoms with Crippen molar-refractivity contribution < 1.29 is 4.74 Å². The quantitative estimate of drug-likeness (QED) is 0.214. The van der Waals surface area contributed by atoms with E-state index in [0.717, 1.165) is 31.4 Å². The Hall–Kier alpha value is -1.26. The Balaban J connectivity index is 0.00000190. The third-order valence-corrected chi connectivity index (χ3v) is 5.45. The van der Waals surface area contributed by atoms with Crippen molar-refractivity contribution in [2.45, 2.75) is 111 Å². The van der Waals surface area contributed by atoms with Crippen molar-refractivity contribution >= 4 is 0 Å². The summed E-state index contributed by atoms with van der Waals surface area (Å²) >= 11 is 0. The summed E-state index contributed by atoms with van der Waals surface area (Å²) in [5.74, 6) is 6.56. The lowest BCUT2D eigenvalue weighted by Crippen LogP contribution is -2.44. The molecule has 2 rings (SSSR count). The third kappa shape index (κ3) is 8.40. The molecular formula is C24H45N3O. The van der Waals surface area contributed by atoms with Crippen LogP contribution in [-0.2, 0) is 4.74 Å². The van der Waals surface area contributed by atoms with E-state index in [1.54, 1.807) is 5.01 Å². The van der Waals surface area contributed by atoms with Gasteiger partial charge in [0.15, 0.2) is 0 Å². The van der Waals surface area contributed by atoms with E-state index in [0.29, 0.717) is 11.8 Å². The molecular weight excluding hydrogens is 346 g/mol. The molecule has 0 aromatic heterocycles. The Labute approximate surface area is 174 Å². The third-order valence-electron chi connectivity index (χ3n) is 5.45.